The Morgan fingerprint density at radius 3 is 1.01 bits per heavy atom. The molecule has 2 unspecified atom stereocenters. The molecule has 70 heavy (non-hydrogen) atoms. The normalized spacial score (nSPS) is 17.0. The summed E-state index contributed by atoms with van der Waals surface area (Å²) in [7, 11) is 11.8. The van der Waals surface area contributed by atoms with Crippen molar-refractivity contribution >= 4 is 88.1 Å². The standard InChI is InChI=1S/2C30H37Si2.C2H7Si.2ClH.Zr/c2*1-8-12-22-17-24-15-16-28(23-13-10-9-11-14-23)30(29(24)18-22)25-19-26(31(2,3)4)21-27(20-25)32(5,6)7;1-3-2;;;/h2*9-11,13-21H,8,12H2,1-7H3;3H,1-2H3;2*1H;/q;;;;;+2/p-2. The molecule has 0 fully saturated rings. The summed E-state index contributed by atoms with van der Waals surface area (Å²) < 4.78 is 0.0440. The molecule has 0 heterocycles. The molecule has 0 spiro atoms. The van der Waals surface area contributed by atoms with Crippen LogP contribution in [-0.4, -0.2) is 38.2 Å². The van der Waals surface area contributed by atoms with Gasteiger partial charge in [-0.1, -0.05) is 0 Å². The number of halogens is 2. The summed E-state index contributed by atoms with van der Waals surface area (Å²) in [6.07, 6.45) is 9.34. The van der Waals surface area contributed by atoms with Gasteiger partial charge in [-0.05, 0) is 0 Å². The second kappa shape index (κ2) is 19.6. The first-order valence-electron chi connectivity index (χ1n) is 26.4. The Morgan fingerprint density at radius 1 is 0.429 bits per heavy atom. The predicted molar refractivity (Wildman–Crippen MR) is 328 cm³/mol. The van der Waals surface area contributed by atoms with Crippen LogP contribution in [0.1, 0.15) is 69.0 Å². The van der Waals surface area contributed by atoms with Crippen LogP contribution < -0.4 is 20.7 Å². The Bertz CT molecular complexity index is 2750. The number of hydrogen-bond donors (Lipinski definition) is 0. The van der Waals surface area contributed by atoms with Gasteiger partial charge in [-0.15, -0.1) is 0 Å². The quantitative estimate of drug-likeness (QED) is 0.0899. The maximum absolute atomic E-state index is 9.29. The Morgan fingerprint density at radius 2 is 0.743 bits per heavy atom. The van der Waals surface area contributed by atoms with E-state index in [1.807, 2.05) is 0 Å². The molecule has 2 atom stereocenters. The van der Waals surface area contributed by atoms with Gasteiger partial charge in [0, 0.05) is 0 Å². The average molecular weight is 1130 g/mol. The van der Waals surface area contributed by atoms with E-state index in [1.165, 1.54) is 98.7 Å². The van der Waals surface area contributed by atoms with Crippen molar-refractivity contribution in [3.63, 3.8) is 0 Å². The molecule has 0 bridgehead atoms. The van der Waals surface area contributed by atoms with Gasteiger partial charge in [0.2, 0.25) is 0 Å². The summed E-state index contributed by atoms with van der Waals surface area (Å²) in [6.45, 7) is 39.8. The molecule has 0 saturated heterocycles. The summed E-state index contributed by atoms with van der Waals surface area (Å²) in [5.74, 6) is -1.83. The molecule has 8 rings (SSSR count). The molecule has 2 aliphatic rings. The van der Waals surface area contributed by atoms with Crippen molar-refractivity contribution in [1.82, 2.24) is 0 Å². The van der Waals surface area contributed by atoms with Crippen LogP contribution >= 0.6 is 17.0 Å². The summed E-state index contributed by atoms with van der Waals surface area (Å²) >= 11 is -5.21. The molecule has 0 N–H and O–H groups in total. The number of rotatable bonds is 15. The number of benzene rings is 6. The molecule has 2 aliphatic carbocycles. The maximum atomic E-state index is 9.29. The molecule has 8 heteroatoms. The van der Waals surface area contributed by atoms with Crippen LogP contribution in [-0.2, 0) is 15.6 Å². The Labute approximate surface area is 437 Å². The zero-order chi connectivity index (χ0) is 51.0. The van der Waals surface area contributed by atoms with Crippen molar-refractivity contribution in [2.45, 2.75) is 138 Å². The van der Waals surface area contributed by atoms with E-state index in [2.05, 4.69) is 239 Å². The van der Waals surface area contributed by atoms with Gasteiger partial charge >= 0.3 is 441 Å². The fourth-order valence-corrected chi connectivity index (χ4v) is 48.3. The molecule has 0 nitrogen and oxygen atoms in total. The molecule has 367 valence electrons. The van der Waals surface area contributed by atoms with E-state index < -0.39 is 53.8 Å². The second-order valence-electron chi connectivity index (χ2n) is 25.5. The Balaban J connectivity index is 1.46. The molecule has 6 aromatic carbocycles. The summed E-state index contributed by atoms with van der Waals surface area (Å²) in [6, 6.07) is 47.6. The first-order chi connectivity index (χ1) is 32.7. The SMILES string of the molecule is CCCC1=Cc2c(ccc(-c3ccccc3)c2-c2cc([Si](C)(C)C)cc([Si](C)(C)C)c2)[CH]1[Zr]([Cl])([Cl])([CH]1C(CCC)=Cc2c1ccc(-c1ccccc1)c2-c1cc([Si](C)(C)C)cc([Si](C)(C)C)c1)[SiH](C)C. The van der Waals surface area contributed by atoms with Gasteiger partial charge < -0.3 is 0 Å². The Hall–Kier alpha value is -2.65. The van der Waals surface area contributed by atoms with Crippen LogP contribution in [0.25, 0.3) is 56.7 Å². The van der Waals surface area contributed by atoms with E-state index in [-0.39, 0.29) is 7.25 Å². The van der Waals surface area contributed by atoms with Crippen molar-refractivity contribution < 1.29 is 15.6 Å². The van der Waals surface area contributed by atoms with Crippen molar-refractivity contribution in [2.24, 2.45) is 0 Å². The summed E-state index contributed by atoms with van der Waals surface area (Å²) in [5.41, 5.74) is 19.0. The molecular formula is C62H81Cl2Si5Zr. The Kier molecular flexibility index (Phi) is 15.0. The van der Waals surface area contributed by atoms with Gasteiger partial charge in [-0.3, -0.25) is 0 Å². The van der Waals surface area contributed by atoms with Gasteiger partial charge in [0.05, 0.1) is 0 Å². The topological polar surface area (TPSA) is 0 Å². The van der Waals surface area contributed by atoms with E-state index in [0.717, 1.165) is 25.7 Å². The van der Waals surface area contributed by atoms with Crippen LogP contribution in [0.15, 0.2) is 132 Å². The van der Waals surface area contributed by atoms with Crippen LogP contribution in [0, 0.1) is 0 Å². The zero-order valence-corrected chi connectivity index (χ0v) is 54.6. The van der Waals surface area contributed by atoms with Gasteiger partial charge in [-0.2, -0.15) is 0 Å². The van der Waals surface area contributed by atoms with E-state index in [4.69, 9.17) is 0 Å². The van der Waals surface area contributed by atoms with Crippen LogP contribution in [0.4, 0.5) is 0 Å². The van der Waals surface area contributed by atoms with E-state index >= 15 is 0 Å². The molecule has 0 radical (unpaired) electrons. The first kappa shape index (κ1) is 53.6. The number of fused-ring (bicyclic) bond motifs is 2. The summed E-state index contributed by atoms with van der Waals surface area (Å²) in [5, 5.41) is 6.15. The van der Waals surface area contributed by atoms with Crippen LogP contribution in [0.5, 0.6) is 0 Å². The zero-order valence-electron chi connectivity index (χ0n) is 45.5. The fourth-order valence-electron chi connectivity index (χ4n) is 11.8. The van der Waals surface area contributed by atoms with Gasteiger partial charge in [0.15, 0.2) is 0 Å². The van der Waals surface area contributed by atoms with Crippen molar-refractivity contribution in [1.29, 1.82) is 0 Å². The summed E-state index contributed by atoms with van der Waals surface area (Å²) in [4.78, 5) is 0. The van der Waals surface area contributed by atoms with E-state index in [9.17, 15) is 17.0 Å². The number of allylic oxidation sites excluding steroid dienone is 2. The van der Waals surface area contributed by atoms with Crippen molar-refractivity contribution in [3.05, 3.63) is 155 Å². The third-order valence-electron chi connectivity index (χ3n) is 15.9. The fraction of sp³-hybridized carbons (Fsp3) is 0.355. The minimum atomic E-state index is -5.21. The van der Waals surface area contributed by atoms with E-state index in [1.54, 1.807) is 0 Å². The van der Waals surface area contributed by atoms with Crippen molar-refractivity contribution in [3.8, 4) is 44.5 Å². The van der Waals surface area contributed by atoms with Gasteiger partial charge in [0.25, 0.3) is 0 Å². The molecule has 0 aliphatic heterocycles. The second-order valence-corrected chi connectivity index (χ2v) is 88.3. The number of hydrogen-bond acceptors (Lipinski definition) is 0. The first-order valence-corrected chi connectivity index (χ1v) is 56.7. The average Bonchev–Trinajstić information content (AvgIpc) is 3.87. The monoisotopic (exact) mass is 1130 g/mol. The molecule has 0 saturated carbocycles. The van der Waals surface area contributed by atoms with Crippen LogP contribution in [0.3, 0.4) is 0 Å². The molecule has 6 aromatic rings. The molecule has 0 amide bonds. The van der Waals surface area contributed by atoms with Gasteiger partial charge in [0.1, 0.15) is 0 Å². The molecule has 0 aromatic heterocycles. The van der Waals surface area contributed by atoms with Crippen molar-refractivity contribution in [2.75, 3.05) is 0 Å². The minimum absolute atomic E-state index is 0.0220. The van der Waals surface area contributed by atoms with E-state index in [0.29, 0.717) is 0 Å². The van der Waals surface area contributed by atoms with Crippen LogP contribution in [0.2, 0.25) is 91.7 Å². The predicted octanol–water partition coefficient (Wildman–Crippen LogP) is 17.7. The van der Waals surface area contributed by atoms with Gasteiger partial charge in [-0.25, -0.2) is 0 Å². The molecular weight excluding hydrogens is 1050 g/mol. The third kappa shape index (κ3) is 9.90. The third-order valence-corrected chi connectivity index (χ3v) is 75.9.